The standard InChI is InChI=1S/C22H23N3O3S/c1-13-7-5-9-18(14(13)2)25-21(16-11-29-12-17(16)24-25)23-22(26)15-8-6-10-19(27-3)20(15)28-4/h5-10H,11-12H2,1-4H3,(H,23,26). The van der Waals surface area contributed by atoms with Crippen LogP contribution in [0.2, 0.25) is 0 Å². The summed E-state index contributed by atoms with van der Waals surface area (Å²) in [5.41, 5.74) is 5.79. The minimum atomic E-state index is -0.257. The average molecular weight is 410 g/mol. The second kappa shape index (κ2) is 7.83. The third kappa shape index (κ3) is 3.35. The number of aryl methyl sites for hydroxylation is 1. The maximum Gasteiger partial charge on any atom is 0.260 e. The van der Waals surface area contributed by atoms with E-state index in [-0.39, 0.29) is 5.91 Å². The predicted molar refractivity (Wildman–Crippen MR) is 116 cm³/mol. The maximum atomic E-state index is 13.2. The molecular weight excluding hydrogens is 386 g/mol. The van der Waals surface area contributed by atoms with Crippen molar-refractivity contribution in [3.63, 3.8) is 0 Å². The van der Waals surface area contributed by atoms with E-state index in [1.54, 1.807) is 37.1 Å². The highest BCUT2D eigenvalue weighted by Gasteiger charge is 2.27. The fourth-order valence-electron chi connectivity index (χ4n) is 3.52. The average Bonchev–Trinajstić information content (AvgIpc) is 3.32. The first kappa shape index (κ1) is 19.4. The molecule has 0 atom stereocenters. The fraction of sp³-hybridized carbons (Fsp3) is 0.273. The number of anilines is 1. The molecular formula is C22H23N3O3S. The second-order valence-electron chi connectivity index (χ2n) is 6.89. The number of rotatable bonds is 5. The van der Waals surface area contributed by atoms with Crippen molar-refractivity contribution in [2.75, 3.05) is 19.5 Å². The normalized spacial score (nSPS) is 12.6. The molecule has 1 N–H and O–H groups in total. The molecule has 150 valence electrons. The Labute approximate surface area is 174 Å². The van der Waals surface area contributed by atoms with Crippen molar-refractivity contribution in [3.05, 3.63) is 64.3 Å². The highest BCUT2D eigenvalue weighted by molar-refractivity contribution is 7.98. The van der Waals surface area contributed by atoms with Gasteiger partial charge in [0.25, 0.3) is 5.91 Å². The van der Waals surface area contributed by atoms with Crippen LogP contribution in [0.1, 0.15) is 32.7 Å². The molecule has 0 spiro atoms. The van der Waals surface area contributed by atoms with Crippen molar-refractivity contribution in [1.82, 2.24) is 9.78 Å². The topological polar surface area (TPSA) is 65.4 Å². The zero-order chi connectivity index (χ0) is 20.5. The predicted octanol–water partition coefficient (Wildman–Crippen LogP) is 4.51. The van der Waals surface area contributed by atoms with Crippen LogP contribution in [0.5, 0.6) is 11.5 Å². The summed E-state index contributed by atoms with van der Waals surface area (Å²) in [5, 5.41) is 7.90. The number of benzene rings is 2. The Morgan fingerprint density at radius 3 is 2.66 bits per heavy atom. The number of methoxy groups -OCH3 is 2. The Morgan fingerprint density at radius 1 is 1.10 bits per heavy atom. The molecule has 0 radical (unpaired) electrons. The quantitative estimate of drug-likeness (QED) is 0.672. The van der Waals surface area contributed by atoms with Gasteiger partial charge >= 0.3 is 0 Å². The van der Waals surface area contributed by atoms with Gasteiger partial charge in [-0.1, -0.05) is 18.2 Å². The number of carbonyl (C=O) groups excluding carboxylic acids is 1. The van der Waals surface area contributed by atoms with Gasteiger partial charge in [-0.05, 0) is 43.2 Å². The molecule has 0 fully saturated rings. The monoisotopic (exact) mass is 409 g/mol. The van der Waals surface area contributed by atoms with Crippen molar-refractivity contribution in [1.29, 1.82) is 0 Å². The van der Waals surface area contributed by atoms with Gasteiger partial charge in [-0.3, -0.25) is 4.79 Å². The number of ether oxygens (including phenoxy) is 2. The molecule has 29 heavy (non-hydrogen) atoms. The number of nitrogens with zero attached hydrogens (tertiary/aromatic N) is 2. The first-order valence-electron chi connectivity index (χ1n) is 9.32. The van der Waals surface area contributed by atoms with Crippen LogP contribution in [0.3, 0.4) is 0 Å². The third-order valence-corrected chi connectivity index (χ3v) is 6.21. The van der Waals surface area contributed by atoms with Crippen molar-refractivity contribution in [3.8, 4) is 17.2 Å². The number of amides is 1. The number of carbonyl (C=O) groups is 1. The molecule has 3 aromatic rings. The molecule has 1 aliphatic rings. The summed E-state index contributed by atoms with van der Waals surface area (Å²) in [7, 11) is 3.09. The van der Waals surface area contributed by atoms with Crippen LogP contribution in [0, 0.1) is 13.8 Å². The van der Waals surface area contributed by atoms with Crippen molar-refractivity contribution < 1.29 is 14.3 Å². The molecule has 0 saturated heterocycles. The zero-order valence-electron chi connectivity index (χ0n) is 16.9. The maximum absolute atomic E-state index is 13.2. The lowest BCUT2D eigenvalue weighted by Gasteiger charge is -2.16. The van der Waals surface area contributed by atoms with Gasteiger partial charge in [0.05, 0.1) is 31.2 Å². The molecule has 0 bridgehead atoms. The highest BCUT2D eigenvalue weighted by Crippen LogP contribution is 2.38. The zero-order valence-corrected chi connectivity index (χ0v) is 17.7. The molecule has 7 heteroatoms. The third-order valence-electron chi connectivity index (χ3n) is 5.24. The summed E-state index contributed by atoms with van der Waals surface area (Å²) in [6, 6.07) is 11.4. The summed E-state index contributed by atoms with van der Waals surface area (Å²) in [6.45, 7) is 4.15. The summed E-state index contributed by atoms with van der Waals surface area (Å²) >= 11 is 1.80. The Kier molecular flexibility index (Phi) is 5.24. The van der Waals surface area contributed by atoms with E-state index in [1.165, 1.54) is 12.7 Å². The van der Waals surface area contributed by atoms with Gasteiger partial charge in [0.15, 0.2) is 11.5 Å². The summed E-state index contributed by atoms with van der Waals surface area (Å²) in [6.07, 6.45) is 0. The molecule has 0 aliphatic carbocycles. The largest absolute Gasteiger partial charge is 0.493 e. The van der Waals surface area contributed by atoms with Crippen LogP contribution in [0.15, 0.2) is 36.4 Å². The molecule has 4 rings (SSSR count). The summed E-state index contributed by atoms with van der Waals surface area (Å²) in [4.78, 5) is 13.2. The highest BCUT2D eigenvalue weighted by atomic mass is 32.2. The van der Waals surface area contributed by atoms with Crippen LogP contribution < -0.4 is 14.8 Å². The molecule has 0 saturated carbocycles. The van der Waals surface area contributed by atoms with Crippen molar-refractivity contribution in [2.24, 2.45) is 0 Å². The van der Waals surface area contributed by atoms with Crippen LogP contribution in [-0.2, 0) is 11.5 Å². The van der Waals surface area contributed by atoms with E-state index in [1.807, 2.05) is 16.8 Å². The minimum Gasteiger partial charge on any atom is -0.493 e. The van der Waals surface area contributed by atoms with E-state index in [9.17, 15) is 4.79 Å². The molecule has 6 nitrogen and oxygen atoms in total. The Morgan fingerprint density at radius 2 is 1.90 bits per heavy atom. The van der Waals surface area contributed by atoms with Gasteiger partial charge in [-0.25, -0.2) is 4.68 Å². The molecule has 2 aromatic carbocycles. The SMILES string of the molecule is COc1cccc(C(=O)Nc2c3c(nn2-c2cccc(C)c2C)CSC3)c1OC. The van der Waals surface area contributed by atoms with Gasteiger partial charge < -0.3 is 14.8 Å². The lowest BCUT2D eigenvalue weighted by atomic mass is 10.1. The van der Waals surface area contributed by atoms with Gasteiger partial charge in [0.2, 0.25) is 0 Å². The van der Waals surface area contributed by atoms with E-state index in [0.29, 0.717) is 22.9 Å². The lowest BCUT2D eigenvalue weighted by Crippen LogP contribution is -2.17. The molecule has 1 amide bonds. The smallest absolute Gasteiger partial charge is 0.260 e. The van der Waals surface area contributed by atoms with Crippen molar-refractivity contribution in [2.45, 2.75) is 25.4 Å². The molecule has 1 aromatic heterocycles. The number of aromatic nitrogens is 2. The fourth-order valence-corrected chi connectivity index (χ4v) is 4.56. The number of hydrogen-bond acceptors (Lipinski definition) is 5. The van der Waals surface area contributed by atoms with Crippen LogP contribution in [-0.4, -0.2) is 29.9 Å². The minimum absolute atomic E-state index is 0.257. The summed E-state index contributed by atoms with van der Waals surface area (Å²) in [5.74, 6) is 3.06. The summed E-state index contributed by atoms with van der Waals surface area (Å²) < 4.78 is 12.6. The van der Waals surface area contributed by atoms with E-state index in [0.717, 1.165) is 34.0 Å². The Hall–Kier alpha value is -2.93. The van der Waals surface area contributed by atoms with E-state index in [2.05, 4.69) is 25.2 Å². The lowest BCUT2D eigenvalue weighted by molar-refractivity contribution is 0.102. The van der Waals surface area contributed by atoms with Gasteiger partial charge in [0.1, 0.15) is 5.82 Å². The van der Waals surface area contributed by atoms with E-state index in [4.69, 9.17) is 14.6 Å². The van der Waals surface area contributed by atoms with Crippen LogP contribution >= 0.6 is 11.8 Å². The van der Waals surface area contributed by atoms with E-state index >= 15 is 0 Å². The van der Waals surface area contributed by atoms with Gasteiger partial charge in [-0.15, -0.1) is 0 Å². The first-order chi connectivity index (χ1) is 14.0. The van der Waals surface area contributed by atoms with Crippen LogP contribution in [0.25, 0.3) is 5.69 Å². The number of nitrogens with one attached hydrogen (secondary N) is 1. The van der Waals surface area contributed by atoms with Gasteiger partial charge in [0, 0.05) is 17.1 Å². The number of hydrogen-bond donors (Lipinski definition) is 1. The van der Waals surface area contributed by atoms with Crippen LogP contribution in [0.4, 0.5) is 5.82 Å². The number of para-hydroxylation sites is 1. The van der Waals surface area contributed by atoms with Gasteiger partial charge in [-0.2, -0.15) is 16.9 Å². The molecule has 2 heterocycles. The number of fused-ring (bicyclic) bond motifs is 1. The molecule has 0 unspecified atom stereocenters. The molecule has 1 aliphatic heterocycles. The van der Waals surface area contributed by atoms with Crippen molar-refractivity contribution >= 4 is 23.5 Å². The Bertz CT molecular complexity index is 1090. The number of thioether (sulfide) groups is 1. The second-order valence-corrected chi connectivity index (χ2v) is 7.88. The first-order valence-corrected chi connectivity index (χ1v) is 10.5. The Balaban J connectivity index is 1.79. The van der Waals surface area contributed by atoms with E-state index < -0.39 is 0 Å².